The molecule has 3 N–H and O–H groups in total. The minimum Gasteiger partial charge on any atom is -0.459 e. The van der Waals surface area contributed by atoms with Crippen LogP contribution in [0.15, 0.2) is 102 Å². The van der Waals surface area contributed by atoms with Gasteiger partial charge < -0.3 is 44.1 Å². The van der Waals surface area contributed by atoms with Crippen LogP contribution < -0.4 is 14.8 Å². The summed E-state index contributed by atoms with van der Waals surface area (Å²) in [5.41, 5.74) is 3.89. The van der Waals surface area contributed by atoms with Crippen LogP contribution in [0, 0.1) is 23.6 Å². The topological polar surface area (TPSA) is 158 Å². The molecule has 1 saturated carbocycles. The van der Waals surface area contributed by atoms with Gasteiger partial charge >= 0.3 is 12.2 Å². The Morgan fingerprint density at radius 3 is 2.46 bits per heavy atom. The second kappa shape index (κ2) is 23.4. The summed E-state index contributed by atoms with van der Waals surface area (Å²) in [5.74, 6) is -2.17. The van der Waals surface area contributed by atoms with E-state index in [1.807, 2.05) is 50.2 Å². The summed E-state index contributed by atoms with van der Waals surface area (Å²) in [6, 6.07) is 20.1. The van der Waals surface area contributed by atoms with Crippen LogP contribution in [-0.4, -0.2) is 91.0 Å². The SMILES string of the molecule is C=CCOC12Oc3ccc(OC(=O)NCC)cc3C3C(CCCCO)C(CCCCO)C=C(C(=NOCC)CC1N(Cc1ccc(F)cc1)C(=O)OCCOCc1ccccc1)C32. The average molecular weight is 872 g/mol. The van der Waals surface area contributed by atoms with E-state index in [4.69, 9.17) is 33.7 Å². The van der Waals surface area contributed by atoms with Crippen molar-refractivity contribution in [2.24, 2.45) is 22.9 Å². The van der Waals surface area contributed by atoms with E-state index < -0.39 is 35.8 Å². The van der Waals surface area contributed by atoms with Gasteiger partial charge in [0.25, 0.3) is 0 Å². The highest BCUT2D eigenvalue weighted by Crippen LogP contribution is 2.62. The van der Waals surface area contributed by atoms with Gasteiger partial charge in [-0.25, -0.2) is 14.0 Å². The molecule has 340 valence electrons. The smallest absolute Gasteiger partial charge is 0.412 e. The molecule has 6 atom stereocenters. The Hall–Kier alpha value is -5.28. The molecule has 3 aromatic carbocycles. The minimum atomic E-state index is -1.57. The van der Waals surface area contributed by atoms with Crippen molar-refractivity contribution in [3.63, 3.8) is 0 Å². The van der Waals surface area contributed by atoms with Crippen LogP contribution >= 0.6 is 0 Å². The zero-order chi connectivity index (χ0) is 44.6. The molecule has 63 heavy (non-hydrogen) atoms. The molecule has 1 fully saturated rings. The zero-order valence-electron chi connectivity index (χ0n) is 36.4. The van der Waals surface area contributed by atoms with Gasteiger partial charge in [0.05, 0.1) is 31.5 Å². The van der Waals surface area contributed by atoms with Crippen LogP contribution in [0.25, 0.3) is 0 Å². The molecule has 6 unspecified atom stereocenters. The van der Waals surface area contributed by atoms with Crippen LogP contribution in [0.5, 0.6) is 11.5 Å². The second-order valence-electron chi connectivity index (χ2n) is 16.0. The van der Waals surface area contributed by atoms with Gasteiger partial charge in [0.15, 0.2) is 0 Å². The predicted octanol–water partition coefficient (Wildman–Crippen LogP) is 8.44. The highest BCUT2D eigenvalue weighted by atomic mass is 19.1. The monoisotopic (exact) mass is 871 g/mol. The summed E-state index contributed by atoms with van der Waals surface area (Å²) in [5, 5.41) is 27.2. The van der Waals surface area contributed by atoms with Crippen LogP contribution in [0.4, 0.5) is 14.0 Å². The molecule has 1 heterocycles. The Bertz CT molecular complexity index is 2010. The molecular formula is C49H62FN3O10. The molecule has 0 radical (unpaired) electrons. The second-order valence-corrected chi connectivity index (χ2v) is 16.0. The van der Waals surface area contributed by atoms with E-state index in [-0.39, 0.29) is 63.8 Å². The summed E-state index contributed by atoms with van der Waals surface area (Å²) < 4.78 is 46.2. The van der Waals surface area contributed by atoms with Crippen molar-refractivity contribution >= 4 is 17.9 Å². The lowest BCUT2D eigenvalue weighted by molar-refractivity contribution is -0.256. The van der Waals surface area contributed by atoms with E-state index in [1.165, 1.54) is 12.1 Å². The first kappa shape index (κ1) is 47.2. The third-order valence-electron chi connectivity index (χ3n) is 11.9. The number of fused-ring (bicyclic) bond motifs is 2. The lowest BCUT2D eigenvalue weighted by Crippen LogP contribution is -2.70. The zero-order valence-corrected chi connectivity index (χ0v) is 36.4. The van der Waals surface area contributed by atoms with Crippen LogP contribution in [0.1, 0.15) is 81.4 Å². The number of oxime groups is 1. The van der Waals surface area contributed by atoms with Gasteiger partial charge in [-0.3, -0.25) is 4.90 Å². The number of aliphatic hydroxyl groups is 2. The number of nitrogens with one attached hydrogen (secondary N) is 1. The number of hydrogen-bond donors (Lipinski definition) is 3. The van der Waals surface area contributed by atoms with E-state index in [0.29, 0.717) is 55.4 Å². The summed E-state index contributed by atoms with van der Waals surface area (Å²) in [4.78, 5) is 34.9. The molecule has 0 spiro atoms. The Balaban J connectivity index is 1.51. The number of hydrogen-bond acceptors (Lipinski definition) is 11. The van der Waals surface area contributed by atoms with E-state index >= 15 is 0 Å². The largest absolute Gasteiger partial charge is 0.459 e. The maximum absolute atomic E-state index is 14.7. The highest BCUT2D eigenvalue weighted by molar-refractivity contribution is 6.03. The molecule has 2 aliphatic carbocycles. The molecule has 1 aliphatic heterocycles. The lowest BCUT2D eigenvalue weighted by Gasteiger charge is -2.59. The number of ether oxygens (including phenoxy) is 5. The number of carbonyl (C=O) groups is 2. The third kappa shape index (κ3) is 11.7. The summed E-state index contributed by atoms with van der Waals surface area (Å²) in [6.07, 6.45) is 7.00. The quantitative estimate of drug-likeness (QED) is 0.0480. The van der Waals surface area contributed by atoms with Gasteiger partial charge in [0.2, 0.25) is 5.79 Å². The van der Waals surface area contributed by atoms with Crippen molar-refractivity contribution in [2.45, 2.75) is 89.7 Å². The summed E-state index contributed by atoms with van der Waals surface area (Å²) in [7, 11) is 0. The molecule has 14 heteroatoms. The van der Waals surface area contributed by atoms with Gasteiger partial charge in [-0.15, -0.1) is 6.58 Å². The molecule has 3 aromatic rings. The molecule has 3 aliphatic rings. The van der Waals surface area contributed by atoms with Crippen molar-refractivity contribution in [1.29, 1.82) is 0 Å². The fourth-order valence-corrected chi connectivity index (χ4v) is 9.27. The summed E-state index contributed by atoms with van der Waals surface area (Å²) >= 11 is 0. The number of halogens is 1. The number of benzene rings is 3. The number of nitrogens with zero attached hydrogens (tertiary/aromatic N) is 2. The van der Waals surface area contributed by atoms with Gasteiger partial charge in [0.1, 0.15) is 36.6 Å². The van der Waals surface area contributed by atoms with E-state index in [2.05, 4.69) is 18.0 Å². The van der Waals surface area contributed by atoms with Crippen LogP contribution in [0.2, 0.25) is 0 Å². The van der Waals surface area contributed by atoms with Gasteiger partial charge in [-0.05, 0) is 98.4 Å². The maximum atomic E-state index is 14.7. The normalized spacial score (nSPS) is 22.8. The van der Waals surface area contributed by atoms with E-state index in [9.17, 15) is 24.2 Å². The highest BCUT2D eigenvalue weighted by Gasteiger charge is 2.65. The van der Waals surface area contributed by atoms with Crippen molar-refractivity contribution in [1.82, 2.24) is 10.2 Å². The molecular weight excluding hydrogens is 810 g/mol. The number of allylic oxidation sites excluding steroid dienone is 1. The number of aliphatic hydroxyl groups excluding tert-OH is 2. The predicted molar refractivity (Wildman–Crippen MR) is 236 cm³/mol. The maximum Gasteiger partial charge on any atom is 0.412 e. The Kier molecular flexibility index (Phi) is 17.5. The van der Waals surface area contributed by atoms with Crippen molar-refractivity contribution in [3.8, 4) is 11.5 Å². The Morgan fingerprint density at radius 1 is 0.984 bits per heavy atom. The van der Waals surface area contributed by atoms with Crippen LogP contribution in [-0.2, 0) is 32.2 Å². The van der Waals surface area contributed by atoms with Crippen molar-refractivity contribution < 1.29 is 52.7 Å². The first-order valence-corrected chi connectivity index (χ1v) is 22.2. The molecule has 0 bridgehead atoms. The standard InChI is InChI=1S/C49H62FN3O10/c1-4-26-60-49-44(53(32-34-18-20-37(50)21-19-34)48(57)59-28-27-58-33-35-14-8-7-9-15-35)31-42(52-61-6-3)40-29-36(16-10-12-24-54)39(17-11-13-25-55)45(46(40)49)41-30-38(22-23-43(41)63-49)62-47(56)51-5-2/h4,7-9,14-15,18-23,29-30,36,39,44-46,54-55H,1,5-6,10-13,16-17,24-28,31-33H2,2-3H3,(H,51,56). The summed E-state index contributed by atoms with van der Waals surface area (Å²) in [6.45, 7) is 8.94. The van der Waals surface area contributed by atoms with E-state index in [0.717, 1.165) is 42.4 Å². The van der Waals surface area contributed by atoms with Crippen LogP contribution in [0.3, 0.4) is 0 Å². The number of unbranched alkanes of at least 4 members (excludes halogenated alkanes) is 2. The first-order chi connectivity index (χ1) is 30.8. The molecule has 0 aromatic heterocycles. The Morgan fingerprint density at radius 2 is 1.75 bits per heavy atom. The first-order valence-electron chi connectivity index (χ1n) is 22.2. The van der Waals surface area contributed by atoms with Gasteiger partial charge in [0, 0.05) is 44.2 Å². The molecule has 13 nitrogen and oxygen atoms in total. The van der Waals surface area contributed by atoms with Gasteiger partial charge in [-0.1, -0.05) is 72.6 Å². The van der Waals surface area contributed by atoms with E-state index in [1.54, 1.807) is 35.2 Å². The van der Waals surface area contributed by atoms with Gasteiger partial charge in [-0.2, -0.15) is 0 Å². The fraction of sp³-hybridized carbons (Fsp3) is 0.490. The number of rotatable bonds is 23. The number of amides is 2. The third-order valence-corrected chi connectivity index (χ3v) is 11.9. The lowest BCUT2D eigenvalue weighted by atomic mass is 9.55. The van der Waals surface area contributed by atoms with Crippen molar-refractivity contribution in [3.05, 3.63) is 120 Å². The van der Waals surface area contributed by atoms with Crippen molar-refractivity contribution in [2.75, 3.05) is 46.2 Å². The Labute approximate surface area is 369 Å². The average Bonchev–Trinajstić information content (AvgIpc) is 3.29. The molecule has 2 amide bonds. The minimum absolute atomic E-state index is 0.00191. The number of carbonyl (C=O) groups excluding carboxylic acids is 2. The fourth-order valence-electron chi connectivity index (χ4n) is 9.27. The molecule has 6 rings (SSSR count). The molecule has 0 saturated heterocycles.